The number of hydrogen-bond donors (Lipinski definition) is 1. The number of thioether (sulfide) groups is 1. The zero-order valence-electron chi connectivity index (χ0n) is 14.4. The van der Waals surface area contributed by atoms with E-state index in [9.17, 15) is 9.59 Å². The number of carbonyl (C=O) groups excluding carboxylic acids is 2. The van der Waals surface area contributed by atoms with Crippen LogP contribution in [-0.4, -0.2) is 42.3 Å². The lowest BCUT2D eigenvalue weighted by molar-refractivity contribution is -0.129. The maximum Gasteiger partial charge on any atom is 0.407 e. The van der Waals surface area contributed by atoms with Crippen LogP contribution in [0.1, 0.15) is 23.0 Å². The SMILES string of the molecule is O=C(NCC(=O)N1CCS[C@@H](c2ccco2)CC1)OCc1ccccc1. The Morgan fingerprint density at radius 2 is 2.04 bits per heavy atom. The van der Waals surface area contributed by atoms with Crippen LogP contribution in [0.2, 0.25) is 0 Å². The summed E-state index contributed by atoms with van der Waals surface area (Å²) in [6.07, 6.45) is 1.93. The van der Waals surface area contributed by atoms with E-state index in [-0.39, 0.29) is 24.3 Å². The first-order valence-electron chi connectivity index (χ1n) is 8.59. The van der Waals surface area contributed by atoms with Crippen molar-refractivity contribution in [3.8, 4) is 0 Å². The second-order valence-corrected chi connectivity index (χ2v) is 7.27. The Morgan fingerprint density at radius 1 is 1.19 bits per heavy atom. The van der Waals surface area contributed by atoms with Gasteiger partial charge in [-0.15, -0.1) is 11.8 Å². The molecule has 2 heterocycles. The maximum absolute atomic E-state index is 12.3. The molecule has 2 amide bonds. The highest BCUT2D eigenvalue weighted by molar-refractivity contribution is 7.99. The van der Waals surface area contributed by atoms with E-state index in [0.29, 0.717) is 13.1 Å². The minimum Gasteiger partial charge on any atom is -0.468 e. The van der Waals surface area contributed by atoms with Crippen molar-refractivity contribution >= 4 is 23.8 Å². The van der Waals surface area contributed by atoms with Crippen LogP contribution in [0.5, 0.6) is 0 Å². The van der Waals surface area contributed by atoms with E-state index in [0.717, 1.165) is 23.5 Å². The molecule has 3 rings (SSSR count). The Bertz CT molecular complexity index is 706. The number of rotatable bonds is 5. The molecule has 7 heteroatoms. The fourth-order valence-corrected chi connectivity index (χ4v) is 3.94. The summed E-state index contributed by atoms with van der Waals surface area (Å²) in [4.78, 5) is 25.9. The zero-order chi connectivity index (χ0) is 18.2. The van der Waals surface area contributed by atoms with Crippen LogP contribution < -0.4 is 5.32 Å². The van der Waals surface area contributed by atoms with Crippen molar-refractivity contribution in [3.63, 3.8) is 0 Å². The van der Waals surface area contributed by atoms with E-state index in [2.05, 4.69) is 5.32 Å². The molecule has 1 aromatic carbocycles. The Balaban J connectivity index is 1.39. The first kappa shape index (κ1) is 18.4. The van der Waals surface area contributed by atoms with Gasteiger partial charge in [0.05, 0.1) is 11.5 Å². The van der Waals surface area contributed by atoms with Crippen LogP contribution in [-0.2, 0) is 16.1 Å². The van der Waals surface area contributed by atoms with E-state index in [1.807, 2.05) is 42.5 Å². The molecule has 0 spiro atoms. The van der Waals surface area contributed by atoms with Gasteiger partial charge in [-0.2, -0.15) is 0 Å². The molecule has 138 valence electrons. The first-order valence-corrected chi connectivity index (χ1v) is 9.64. The molecule has 0 bridgehead atoms. The summed E-state index contributed by atoms with van der Waals surface area (Å²) < 4.78 is 10.6. The number of ether oxygens (including phenoxy) is 1. The van der Waals surface area contributed by atoms with Gasteiger partial charge in [-0.05, 0) is 24.1 Å². The van der Waals surface area contributed by atoms with E-state index in [4.69, 9.17) is 9.15 Å². The van der Waals surface area contributed by atoms with Crippen LogP contribution in [0.3, 0.4) is 0 Å². The molecule has 0 radical (unpaired) electrons. The number of furan rings is 1. The van der Waals surface area contributed by atoms with Gasteiger partial charge in [0.1, 0.15) is 18.9 Å². The van der Waals surface area contributed by atoms with Crippen LogP contribution >= 0.6 is 11.8 Å². The van der Waals surface area contributed by atoms with E-state index < -0.39 is 6.09 Å². The molecule has 0 saturated carbocycles. The molecule has 1 aliphatic heterocycles. The topological polar surface area (TPSA) is 71.8 Å². The molecule has 1 aliphatic rings. The average Bonchev–Trinajstić information content (AvgIpc) is 3.10. The predicted octanol–water partition coefficient (Wildman–Crippen LogP) is 3.21. The Hall–Kier alpha value is -2.41. The minimum absolute atomic E-state index is 0.0519. The van der Waals surface area contributed by atoms with Crippen LogP contribution in [0.4, 0.5) is 4.79 Å². The Labute approximate surface area is 156 Å². The van der Waals surface area contributed by atoms with Gasteiger partial charge in [0.15, 0.2) is 0 Å². The molecule has 2 aromatic rings. The second kappa shape index (κ2) is 9.33. The van der Waals surface area contributed by atoms with E-state index in [1.165, 1.54) is 0 Å². The molecule has 1 fully saturated rings. The molecular formula is C19H22N2O4S. The summed E-state index contributed by atoms with van der Waals surface area (Å²) in [6.45, 7) is 1.45. The zero-order valence-corrected chi connectivity index (χ0v) is 15.2. The van der Waals surface area contributed by atoms with Crippen molar-refractivity contribution in [2.45, 2.75) is 18.3 Å². The predicted molar refractivity (Wildman–Crippen MR) is 99.7 cm³/mol. The molecule has 26 heavy (non-hydrogen) atoms. The minimum atomic E-state index is -0.583. The summed E-state index contributed by atoms with van der Waals surface area (Å²) >= 11 is 1.79. The monoisotopic (exact) mass is 374 g/mol. The van der Waals surface area contributed by atoms with Crippen molar-refractivity contribution < 1.29 is 18.7 Å². The largest absolute Gasteiger partial charge is 0.468 e. The van der Waals surface area contributed by atoms with Gasteiger partial charge in [0.25, 0.3) is 0 Å². The number of benzene rings is 1. The second-order valence-electron chi connectivity index (χ2n) is 5.96. The summed E-state index contributed by atoms with van der Waals surface area (Å²) in [5, 5.41) is 2.80. The van der Waals surface area contributed by atoms with Crippen LogP contribution in [0, 0.1) is 0 Å². The lowest BCUT2D eigenvalue weighted by Gasteiger charge is -2.20. The van der Waals surface area contributed by atoms with Gasteiger partial charge >= 0.3 is 6.09 Å². The third-order valence-corrected chi connectivity index (χ3v) is 5.44. The van der Waals surface area contributed by atoms with Gasteiger partial charge in [-0.1, -0.05) is 30.3 Å². The van der Waals surface area contributed by atoms with Crippen molar-refractivity contribution in [1.82, 2.24) is 10.2 Å². The molecule has 0 aliphatic carbocycles. The first-order chi connectivity index (χ1) is 12.7. The molecule has 1 atom stereocenters. The Morgan fingerprint density at radius 3 is 2.81 bits per heavy atom. The van der Waals surface area contributed by atoms with Crippen molar-refractivity contribution in [2.75, 3.05) is 25.4 Å². The number of amides is 2. The molecule has 1 saturated heterocycles. The smallest absolute Gasteiger partial charge is 0.407 e. The standard InChI is InChI=1S/C19H22N2O4S/c22-18(13-20-19(23)25-14-15-5-2-1-3-6-15)21-9-8-17(26-12-10-21)16-7-4-11-24-16/h1-7,11,17H,8-10,12-14H2,(H,20,23)/t17-/m1/s1. The number of hydrogen-bond acceptors (Lipinski definition) is 5. The fraction of sp³-hybridized carbons (Fsp3) is 0.368. The van der Waals surface area contributed by atoms with Crippen molar-refractivity contribution in [1.29, 1.82) is 0 Å². The molecular weight excluding hydrogens is 352 g/mol. The van der Waals surface area contributed by atoms with Gasteiger partial charge < -0.3 is 19.4 Å². The third kappa shape index (κ3) is 5.29. The van der Waals surface area contributed by atoms with Gasteiger partial charge in [-0.3, -0.25) is 4.79 Å². The lowest BCUT2D eigenvalue weighted by Crippen LogP contribution is -2.41. The number of nitrogens with zero attached hydrogens (tertiary/aromatic N) is 1. The summed E-state index contributed by atoms with van der Waals surface area (Å²) in [6, 6.07) is 13.3. The Kier molecular flexibility index (Phi) is 6.60. The number of nitrogens with one attached hydrogen (secondary N) is 1. The lowest BCUT2D eigenvalue weighted by atomic mass is 10.2. The third-order valence-electron chi connectivity index (χ3n) is 4.15. The van der Waals surface area contributed by atoms with E-state index in [1.54, 1.807) is 22.9 Å². The highest BCUT2D eigenvalue weighted by Gasteiger charge is 2.23. The van der Waals surface area contributed by atoms with Gasteiger partial charge in [-0.25, -0.2) is 4.79 Å². The number of alkyl carbamates (subject to hydrolysis) is 1. The van der Waals surface area contributed by atoms with E-state index >= 15 is 0 Å². The average molecular weight is 374 g/mol. The highest BCUT2D eigenvalue weighted by Crippen LogP contribution is 2.34. The molecule has 1 N–H and O–H groups in total. The summed E-state index contributed by atoms with van der Waals surface area (Å²) in [7, 11) is 0. The van der Waals surface area contributed by atoms with Crippen LogP contribution in [0.15, 0.2) is 53.1 Å². The van der Waals surface area contributed by atoms with Gasteiger partial charge in [0.2, 0.25) is 5.91 Å². The quantitative estimate of drug-likeness (QED) is 0.870. The van der Waals surface area contributed by atoms with Crippen molar-refractivity contribution in [3.05, 3.63) is 60.1 Å². The molecule has 1 aromatic heterocycles. The fourth-order valence-electron chi connectivity index (χ4n) is 2.76. The highest BCUT2D eigenvalue weighted by atomic mass is 32.2. The van der Waals surface area contributed by atoms with Crippen LogP contribution in [0.25, 0.3) is 0 Å². The maximum atomic E-state index is 12.3. The normalized spacial score (nSPS) is 17.4. The molecule has 0 unspecified atom stereocenters. The summed E-state index contributed by atoms with van der Waals surface area (Å²) in [5.41, 5.74) is 0.905. The number of carbonyl (C=O) groups is 2. The van der Waals surface area contributed by atoms with Crippen molar-refractivity contribution in [2.24, 2.45) is 0 Å². The summed E-state index contributed by atoms with van der Waals surface area (Å²) in [5.74, 6) is 1.70. The van der Waals surface area contributed by atoms with Gasteiger partial charge in [0, 0.05) is 18.8 Å². The molecule has 6 nitrogen and oxygen atoms in total.